The van der Waals surface area contributed by atoms with Crippen LogP contribution >= 0.6 is 0 Å². The Kier molecular flexibility index (Phi) is 2.20. The van der Waals surface area contributed by atoms with Gasteiger partial charge in [-0.15, -0.1) is 0 Å². The Balaban J connectivity index is 1.91. The van der Waals surface area contributed by atoms with Gasteiger partial charge in [0.25, 0.3) is 0 Å². The van der Waals surface area contributed by atoms with E-state index in [1.165, 1.54) is 11.3 Å². The summed E-state index contributed by atoms with van der Waals surface area (Å²) in [6, 6.07) is 6.24. The van der Waals surface area contributed by atoms with Gasteiger partial charge in [-0.25, -0.2) is 4.79 Å². The second-order valence-corrected chi connectivity index (χ2v) is 4.26. The van der Waals surface area contributed by atoms with E-state index in [4.69, 9.17) is 0 Å². The van der Waals surface area contributed by atoms with Gasteiger partial charge in [0, 0.05) is 31.0 Å². The van der Waals surface area contributed by atoms with Gasteiger partial charge in [0.1, 0.15) is 0 Å². The van der Waals surface area contributed by atoms with Crippen molar-refractivity contribution in [3.05, 3.63) is 23.8 Å². The first kappa shape index (κ1) is 9.51. The molecule has 2 N–H and O–H groups in total. The van der Waals surface area contributed by atoms with Crippen molar-refractivity contribution in [2.75, 3.05) is 29.9 Å². The Bertz CT molecular complexity index is 430. The molecule has 1 fully saturated rings. The predicted octanol–water partition coefficient (Wildman–Crippen LogP) is 1.57. The number of carbonyl (C=O) groups excluding carboxylic acids is 1. The van der Waals surface area contributed by atoms with Crippen LogP contribution in [0.5, 0.6) is 0 Å². The minimum atomic E-state index is 0.0251. The molecule has 16 heavy (non-hydrogen) atoms. The highest BCUT2D eigenvalue weighted by molar-refractivity contribution is 5.93. The average molecular weight is 217 g/mol. The number of benzene rings is 1. The number of urea groups is 1. The number of nitrogens with one attached hydrogen (secondary N) is 2. The standard InChI is InChI=1S/C12H15N3O/c16-12-14-5-1-7-15(12)10-2-3-11-9(8-10)4-6-13-11/h2-3,8,13H,1,4-7H2,(H,14,16). The maximum absolute atomic E-state index is 11.7. The highest BCUT2D eigenvalue weighted by atomic mass is 16.2. The molecule has 4 heteroatoms. The molecule has 0 aromatic heterocycles. The first-order valence-corrected chi connectivity index (χ1v) is 5.77. The Hall–Kier alpha value is -1.71. The van der Waals surface area contributed by atoms with Gasteiger partial charge in [-0.05, 0) is 36.6 Å². The summed E-state index contributed by atoms with van der Waals surface area (Å²) in [5.41, 5.74) is 3.54. The first-order valence-electron chi connectivity index (χ1n) is 5.77. The Morgan fingerprint density at radius 1 is 1.19 bits per heavy atom. The van der Waals surface area contributed by atoms with Crippen molar-refractivity contribution in [2.24, 2.45) is 0 Å². The summed E-state index contributed by atoms with van der Waals surface area (Å²) >= 11 is 0. The number of hydrogen-bond donors (Lipinski definition) is 2. The van der Waals surface area contributed by atoms with Gasteiger partial charge in [0.05, 0.1) is 0 Å². The van der Waals surface area contributed by atoms with Crippen LogP contribution in [0, 0.1) is 0 Å². The lowest BCUT2D eigenvalue weighted by atomic mass is 10.1. The summed E-state index contributed by atoms with van der Waals surface area (Å²) in [7, 11) is 0. The maximum atomic E-state index is 11.7. The summed E-state index contributed by atoms with van der Waals surface area (Å²) in [6.07, 6.45) is 2.07. The fraction of sp³-hybridized carbons (Fsp3) is 0.417. The van der Waals surface area contributed by atoms with Crippen LogP contribution in [0.4, 0.5) is 16.2 Å². The van der Waals surface area contributed by atoms with Crippen LogP contribution in [0.15, 0.2) is 18.2 Å². The van der Waals surface area contributed by atoms with E-state index in [0.717, 1.165) is 38.2 Å². The molecule has 0 saturated carbocycles. The third-order valence-corrected chi connectivity index (χ3v) is 3.19. The molecule has 2 aliphatic heterocycles. The first-order chi connectivity index (χ1) is 7.84. The van der Waals surface area contributed by atoms with E-state index < -0.39 is 0 Å². The van der Waals surface area contributed by atoms with Crippen LogP contribution in [-0.2, 0) is 6.42 Å². The van der Waals surface area contributed by atoms with E-state index in [1.54, 1.807) is 0 Å². The zero-order chi connectivity index (χ0) is 11.0. The summed E-state index contributed by atoms with van der Waals surface area (Å²) < 4.78 is 0. The Morgan fingerprint density at radius 3 is 3.00 bits per heavy atom. The monoisotopic (exact) mass is 217 g/mol. The van der Waals surface area contributed by atoms with Crippen molar-refractivity contribution >= 4 is 17.4 Å². The third kappa shape index (κ3) is 1.50. The number of hydrogen-bond acceptors (Lipinski definition) is 2. The molecular weight excluding hydrogens is 202 g/mol. The van der Waals surface area contributed by atoms with Gasteiger partial charge in [0.15, 0.2) is 0 Å². The van der Waals surface area contributed by atoms with Crippen molar-refractivity contribution in [3.63, 3.8) is 0 Å². The van der Waals surface area contributed by atoms with Crippen LogP contribution in [0.1, 0.15) is 12.0 Å². The fourth-order valence-corrected chi connectivity index (χ4v) is 2.33. The molecule has 1 saturated heterocycles. The number of rotatable bonds is 1. The lowest BCUT2D eigenvalue weighted by molar-refractivity contribution is 0.243. The largest absolute Gasteiger partial charge is 0.384 e. The topological polar surface area (TPSA) is 44.4 Å². The van der Waals surface area contributed by atoms with E-state index in [2.05, 4.69) is 22.8 Å². The normalized spacial score (nSPS) is 19.0. The number of anilines is 2. The minimum Gasteiger partial charge on any atom is -0.384 e. The lowest BCUT2D eigenvalue weighted by Gasteiger charge is -2.27. The minimum absolute atomic E-state index is 0.0251. The Labute approximate surface area is 94.6 Å². The molecule has 0 radical (unpaired) electrons. The van der Waals surface area contributed by atoms with Crippen LogP contribution in [0.2, 0.25) is 0 Å². The Morgan fingerprint density at radius 2 is 2.12 bits per heavy atom. The summed E-state index contributed by atoms with van der Waals surface area (Å²) in [4.78, 5) is 13.5. The maximum Gasteiger partial charge on any atom is 0.321 e. The van der Waals surface area contributed by atoms with E-state index >= 15 is 0 Å². The van der Waals surface area contributed by atoms with E-state index in [9.17, 15) is 4.79 Å². The highest BCUT2D eigenvalue weighted by Crippen LogP contribution is 2.27. The molecule has 1 aromatic carbocycles. The van der Waals surface area contributed by atoms with Gasteiger partial charge in [-0.1, -0.05) is 0 Å². The SMILES string of the molecule is O=C1NCCCN1c1ccc2c(c1)CCN2. The smallest absolute Gasteiger partial charge is 0.321 e. The van der Waals surface area contributed by atoms with E-state index in [0.29, 0.717) is 0 Å². The molecule has 2 heterocycles. The molecule has 0 atom stereocenters. The summed E-state index contributed by atoms with van der Waals surface area (Å²) in [5.74, 6) is 0. The second-order valence-electron chi connectivity index (χ2n) is 4.26. The average Bonchev–Trinajstić information content (AvgIpc) is 2.76. The molecule has 2 amide bonds. The molecule has 84 valence electrons. The van der Waals surface area contributed by atoms with Crippen molar-refractivity contribution in [2.45, 2.75) is 12.8 Å². The summed E-state index contributed by atoms with van der Waals surface area (Å²) in [6.45, 7) is 2.62. The molecule has 3 rings (SSSR count). The predicted molar refractivity (Wildman–Crippen MR) is 64.0 cm³/mol. The quantitative estimate of drug-likeness (QED) is 0.750. The van der Waals surface area contributed by atoms with Crippen LogP contribution < -0.4 is 15.5 Å². The molecule has 0 aliphatic carbocycles. The third-order valence-electron chi connectivity index (χ3n) is 3.19. The zero-order valence-electron chi connectivity index (χ0n) is 9.12. The van der Waals surface area contributed by atoms with Crippen molar-refractivity contribution < 1.29 is 4.79 Å². The van der Waals surface area contributed by atoms with Crippen molar-refractivity contribution in [1.82, 2.24) is 5.32 Å². The molecule has 2 aliphatic rings. The number of amides is 2. The number of nitrogens with zero attached hydrogens (tertiary/aromatic N) is 1. The van der Waals surface area contributed by atoms with Crippen LogP contribution in [0.3, 0.4) is 0 Å². The molecular formula is C12H15N3O. The van der Waals surface area contributed by atoms with E-state index in [-0.39, 0.29) is 6.03 Å². The zero-order valence-corrected chi connectivity index (χ0v) is 9.12. The van der Waals surface area contributed by atoms with Crippen molar-refractivity contribution in [3.8, 4) is 0 Å². The molecule has 0 unspecified atom stereocenters. The molecule has 0 spiro atoms. The van der Waals surface area contributed by atoms with E-state index in [1.807, 2.05) is 11.0 Å². The summed E-state index contributed by atoms with van der Waals surface area (Å²) in [5, 5.41) is 6.19. The van der Waals surface area contributed by atoms with Crippen molar-refractivity contribution in [1.29, 1.82) is 0 Å². The second kappa shape index (κ2) is 3.70. The van der Waals surface area contributed by atoms with Gasteiger partial charge in [-0.3, -0.25) is 4.90 Å². The van der Waals surface area contributed by atoms with Gasteiger partial charge in [-0.2, -0.15) is 0 Å². The number of carbonyl (C=O) groups is 1. The molecule has 0 bridgehead atoms. The molecule has 4 nitrogen and oxygen atoms in total. The highest BCUT2D eigenvalue weighted by Gasteiger charge is 2.20. The van der Waals surface area contributed by atoms with Crippen LogP contribution in [0.25, 0.3) is 0 Å². The molecule has 1 aromatic rings. The van der Waals surface area contributed by atoms with Gasteiger partial charge < -0.3 is 10.6 Å². The number of fused-ring (bicyclic) bond motifs is 1. The van der Waals surface area contributed by atoms with Gasteiger partial charge >= 0.3 is 6.03 Å². The van der Waals surface area contributed by atoms with Crippen LogP contribution in [-0.4, -0.2) is 25.7 Å². The van der Waals surface area contributed by atoms with Gasteiger partial charge in [0.2, 0.25) is 0 Å². The fourth-order valence-electron chi connectivity index (χ4n) is 2.33. The lowest BCUT2D eigenvalue weighted by Crippen LogP contribution is -2.46.